The summed E-state index contributed by atoms with van der Waals surface area (Å²) in [7, 11) is 0. The van der Waals surface area contributed by atoms with Gasteiger partial charge in [-0.1, -0.05) is 23.7 Å². The molecule has 2 atom stereocenters. The van der Waals surface area contributed by atoms with Crippen LogP contribution in [0.15, 0.2) is 36.5 Å². The fourth-order valence-corrected chi connectivity index (χ4v) is 3.88. The van der Waals surface area contributed by atoms with Crippen molar-refractivity contribution in [1.29, 1.82) is 0 Å². The van der Waals surface area contributed by atoms with Crippen molar-refractivity contribution < 1.29 is 9.18 Å². The van der Waals surface area contributed by atoms with E-state index in [0.717, 1.165) is 36.5 Å². The van der Waals surface area contributed by atoms with Crippen molar-refractivity contribution >= 4 is 23.2 Å². The fraction of sp³-hybridized carbons (Fsp3) is 0.368. The van der Waals surface area contributed by atoms with Gasteiger partial charge in [0.1, 0.15) is 17.6 Å². The Balaban J connectivity index is 1.48. The minimum Gasteiger partial charge on any atom is -0.350 e. The highest BCUT2D eigenvalue weighted by atomic mass is 35.5. The summed E-state index contributed by atoms with van der Waals surface area (Å²) in [6.45, 7) is 1.78. The molecule has 4 rings (SSSR count). The molecule has 0 spiro atoms. The van der Waals surface area contributed by atoms with Crippen molar-refractivity contribution in [2.45, 2.75) is 31.5 Å². The largest absolute Gasteiger partial charge is 0.350 e. The Bertz CT molecular complexity index is 914. The number of carbonyl (C=O) groups excluding carboxylic acids is 1. The monoisotopic (exact) mass is 404 g/mol. The molecule has 1 aromatic heterocycles. The van der Waals surface area contributed by atoms with E-state index in [9.17, 15) is 9.18 Å². The second kappa shape index (κ2) is 7.90. The first-order chi connectivity index (χ1) is 13.5. The van der Waals surface area contributed by atoms with E-state index < -0.39 is 6.04 Å². The van der Waals surface area contributed by atoms with Crippen LogP contribution in [0.4, 0.5) is 4.39 Å². The minimum atomic E-state index is -0.533. The highest BCUT2D eigenvalue weighted by molar-refractivity contribution is 6.32. The normalized spacial score (nSPS) is 19.5. The Kier molecular flexibility index (Phi) is 5.34. The van der Waals surface area contributed by atoms with Crippen LogP contribution < -0.4 is 16.5 Å². The molecule has 0 bridgehead atoms. The summed E-state index contributed by atoms with van der Waals surface area (Å²) in [5.74, 6) is -0.488. The molecule has 1 aromatic carbocycles. The van der Waals surface area contributed by atoms with Gasteiger partial charge in [-0.25, -0.2) is 9.82 Å². The van der Waals surface area contributed by atoms with E-state index >= 15 is 0 Å². The van der Waals surface area contributed by atoms with Gasteiger partial charge in [0.25, 0.3) is 0 Å². The summed E-state index contributed by atoms with van der Waals surface area (Å²) in [5.41, 5.74) is 11.5. The van der Waals surface area contributed by atoms with Crippen molar-refractivity contribution in [3.63, 3.8) is 0 Å². The number of amides is 1. The third-order valence-corrected chi connectivity index (χ3v) is 5.26. The van der Waals surface area contributed by atoms with Gasteiger partial charge >= 0.3 is 0 Å². The Morgan fingerprint density at radius 1 is 1.46 bits per heavy atom. The van der Waals surface area contributed by atoms with Crippen molar-refractivity contribution in [3.8, 4) is 0 Å². The van der Waals surface area contributed by atoms with Crippen LogP contribution in [0.25, 0.3) is 5.70 Å². The molecule has 0 fully saturated rings. The quantitative estimate of drug-likeness (QED) is 0.699. The van der Waals surface area contributed by atoms with Gasteiger partial charge in [-0.05, 0) is 36.6 Å². The van der Waals surface area contributed by atoms with Crippen LogP contribution in [-0.2, 0) is 17.8 Å². The molecule has 2 aliphatic heterocycles. The lowest BCUT2D eigenvalue weighted by Crippen LogP contribution is -2.51. The molecule has 0 saturated carbocycles. The van der Waals surface area contributed by atoms with E-state index in [1.54, 1.807) is 12.3 Å². The molecule has 0 radical (unpaired) electrons. The number of hydrogen-bond donors (Lipinski definition) is 3. The summed E-state index contributed by atoms with van der Waals surface area (Å²) in [6.07, 6.45) is 4.83. The van der Waals surface area contributed by atoms with Gasteiger partial charge in [-0.15, -0.1) is 0 Å². The number of aromatic nitrogens is 2. The number of hydrazine groups is 1. The smallest absolute Gasteiger partial charge is 0.243 e. The third kappa shape index (κ3) is 3.76. The summed E-state index contributed by atoms with van der Waals surface area (Å²) in [5, 5.41) is 9.77. The lowest BCUT2D eigenvalue weighted by atomic mass is 10.1. The first-order valence-corrected chi connectivity index (χ1v) is 9.65. The van der Waals surface area contributed by atoms with Gasteiger partial charge in [-0.3, -0.25) is 9.48 Å². The molecule has 3 heterocycles. The number of rotatable bonds is 5. The molecule has 148 valence electrons. The molecule has 28 heavy (non-hydrogen) atoms. The van der Waals surface area contributed by atoms with Crippen LogP contribution in [0.2, 0.25) is 5.02 Å². The maximum Gasteiger partial charge on any atom is 0.243 e. The first-order valence-electron chi connectivity index (χ1n) is 9.27. The fourth-order valence-electron chi connectivity index (χ4n) is 3.65. The molecular formula is C19H22ClFN6O. The average molecular weight is 405 g/mol. The molecule has 4 N–H and O–H groups in total. The highest BCUT2D eigenvalue weighted by Gasteiger charge is 2.33. The zero-order valence-electron chi connectivity index (χ0n) is 15.2. The predicted octanol–water partition coefficient (Wildman–Crippen LogP) is 1.30. The first kappa shape index (κ1) is 18.9. The summed E-state index contributed by atoms with van der Waals surface area (Å²) in [6, 6.07) is 5.50. The molecule has 0 aliphatic carbocycles. The molecule has 2 aromatic rings. The van der Waals surface area contributed by atoms with Crippen molar-refractivity contribution in [2.75, 3.05) is 13.1 Å². The van der Waals surface area contributed by atoms with Crippen LogP contribution in [0, 0.1) is 5.82 Å². The van der Waals surface area contributed by atoms with Gasteiger partial charge in [0, 0.05) is 25.7 Å². The molecule has 1 amide bonds. The number of aryl methyl sites for hydroxylation is 1. The zero-order valence-corrected chi connectivity index (χ0v) is 16.0. The SMILES string of the molecule is NCC(Cc1cccc(F)c1)NC(=O)C1C=C2c3c(Cl)cnn3CCCN2N1. The summed E-state index contributed by atoms with van der Waals surface area (Å²) < 4.78 is 15.3. The Hall–Kier alpha value is -2.42. The lowest BCUT2D eigenvalue weighted by Gasteiger charge is -2.23. The summed E-state index contributed by atoms with van der Waals surface area (Å²) in [4.78, 5) is 12.8. The average Bonchev–Trinajstić information content (AvgIpc) is 3.20. The van der Waals surface area contributed by atoms with Crippen LogP contribution >= 0.6 is 11.6 Å². The number of nitrogens with zero attached hydrogens (tertiary/aromatic N) is 3. The predicted molar refractivity (Wildman–Crippen MR) is 105 cm³/mol. The standard InChI is InChI=1S/C19H22ClFN6O/c20-15-11-23-27-6-2-5-26-17(18(15)27)9-16(25-26)19(28)24-14(10-22)8-12-3-1-4-13(21)7-12/h1,3-4,7,9,11,14,16,25H,2,5-6,8,10,22H2,(H,24,28). The van der Waals surface area contributed by atoms with E-state index in [0.29, 0.717) is 11.4 Å². The number of nitrogens with two attached hydrogens (primary N) is 1. The Labute approximate surface area is 167 Å². The number of benzene rings is 1. The van der Waals surface area contributed by atoms with Crippen LogP contribution in [0.3, 0.4) is 0 Å². The van der Waals surface area contributed by atoms with Crippen LogP contribution in [-0.4, -0.2) is 45.9 Å². The number of carbonyl (C=O) groups is 1. The maximum atomic E-state index is 13.4. The van der Waals surface area contributed by atoms with Crippen LogP contribution in [0.5, 0.6) is 0 Å². The van der Waals surface area contributed by atoms with Gasteiger partial charge in [0.05, 0.1) is 16.9 Å². The summed E-state index contributed by atoms with van der Waals surface area (Å²) >= 11 is 6.31. The number of fused-ring (bicyclic) bond motifs is 3. The Morgan fingerprint density at radius 3 is 3.11 bits per heavy atom. The maximum absolute atomic E-state index is 13.4. The molecule has 2 aliphatic rings. The molecule has 0 saturated heterocycles. The number of halogens is 2. The molecular weight excluding hydrogens is 383 g/mol. The topological polar surface area (TPSA) is 88.2 Å². The Morgan fingerprint density at radius 2 is 2.32 bits per heavy atom. The van der Waals surface area contributed by atoms with Crippen LogP contribution in [0.1, 0.15) is 17.7 Å². The molecule has 9 heteroatoms. The van der Waals surface area contributed by atoms with Crippen molar-refractivity contribution in [2.24, 2.45) is 5.73 Å². The van der Waals surface area contributed by atoms with Gasteiger partial charge in [0.15, 0.2) is 0 Å². The van der Waals surface area contributed by atoms with E-state index in [1.165, 1.54) is 12.1 Å². The second-order valence-electron chi connectivity index (χ2n) is 7.00. The lowest BCUT2D eigenvalue weighted by molar-refractivity contribution is -0.123. The highest BCUT2D eigenvalue weighted by Crippen LogP contribution is 2.31. The van der Waals surface area contributed by atoms with Gasteiger partial charge < -0.3 is 16.1 Å². The van der Waals surface area contributed by atoms with Gasteiger partial charge in [0.2, 0.25) is 5.91 Å². The van der Waals surface area contributed by atoms with E-state index in [2.05, 4.69) is 15.8 Å². The minimum absolute atomic E-state index is 0.186. The third-order valence-electron chi connectivity index (χ3n) is 4.98. The van der Waals surface area contributed by atoms with Crippen molar-refractivity contribution in [1.82, 2.24) is 25.5 Å². The number of hydrogen-bond acceptors (Lipinski definition) is 5. The van der Waals surface area contributed by atoms with E-state index in [-0.39, 0.29) is 24.3 Å². The number of nitrogens with one attached hydrogen (secondary N) is 2. The molecule has 7 nitrogen and oxygen atoms in total. The van der Waals surface area contributed by atoms with E-state index in [4.69, 9.17) is 17.3 Å². The second-order valence-corrected chi connectivity index (χ2v) is 7.41. The van der Waals surface area contributed by atoms with Gasteiger partial charge in [-0.2, -0.15) is 5.10 Å². The molecule has 2 unspecified atom stereocenters. The van der Waals surface area contributed by atoms with E-state index in [1.807, 2.05) is 21.8 Å². The zero-order chi connectivity index (χ0) is 19.7. The van der Waals surface area contributed by atoms with Crippen molar-refractivity contribution in [3.05, 3.63) is 58.6 Å².